The second-order valence-electron chi connectivity index (χ2n) is 4.05. The fourth-order valence-electron chi connectivity index (χ4n) is 1.89. The molecule has 2 aromatic rings. The third-order valence-electron chi connectivity index (χ3n) is 2.79. The lowest BCUT2D eigenvalue weighted by atomic mass is 10.0. The highest BCUT2D eigenvalue weighted by molar-refractivity contribution is 6.31. The van der Waals surface area contributed by atoms with Crippen molar-refractivity contribution in [3.05, 3.63) is 63.9 Å². The van der Waals surface area contributed by atoms with Crippen LogP contribution in [0.25, 0.3) is 0 Å². The first-order valence-corrected chi connectivity index (χ1v) is 6.48. The van der Waals surface area contributed by atoms with Gasteiger partial charge in [-0.1, -0.05) is 35.3 Å². The Morgan fingerprint density at radius 2 is 2.06 bits per heavy atom. The number of nitrogens with one attached hydrogen (secondary N) is 1. The molecule has 2 rings (SSSR count). The van der Waals surface area contributed by atoms with Gasteiger partial charge in [0.25, 0.3) is 0 Å². The maximum atomic E-state index is 6.17. The average Bonchev–Trinajstić information content (AvgIpc) is 2.37. The van der Waals surface area contributed by atoms with Crippen LogP contribution in [0.4, 0.5) is 0 Å². The molecule has 1 aromatic heterocycles. The number of benzene rings is 1. The molecule has 0 aliphatic rings. The zero-order chi connectivity index (χ0) is 13.0. The van der Waals surface area contributed by atoms with Crippen LogP contribution in [0.15, 0.2) is 42.6 Å². The quantitative estimate of drug-likeness (QED) is 0.919. The van der Waals surface area contributed by atoms with Crippen LogP contribution in [0.5, 0.6) is 0 Å². The number of hydrogen-bond acceptors (Lipinski definition) is 2. The van der Waals surface area contributed by atoms with Crippen LogP contribution < -0.4 is 5.32 Å². The minimum atomic E-state index is 0.0807. The van der Waals surface area contributed by atoms with E-state index in [9.17, 15) is 0 Å². The summed E-state index contributed by atoms with van der Waals surface area (Å²) in [6.07, 6.45) is 2.55. The Kier molecular flexibility index (Phi) is 4.59. The number of likely N-dealkylation sites (N-methyl/N-ethyl adjacent to an activating group) is 1. The Bertz CT molecular complexity index is 529. The summed E-state index contributed by atoms with van der Waals surface area (Å²) in [7, 11) is 1.90. The molecule has 0 fully saturated rings. The zero-order valence-corrected chi connectivity index (χ0v) is 11.5. The van der Waals surface area contributed by atoms with Gasteiger partial charge in [0, 0.05) is 11.2 Å². The minimum Gasteiger partial charge on any atom is -0.311 e. The lowest BCUT2D eigenvalue weighted by Crippen LogP contribution is -2.20. The van der Waals surface area contributed by atoms with Crippen molar-refractivity contribution in [3.8, 4) is 0 Å². The molecule has 0 saturated heterocycles. The first-order valence-electron chi connectivity index (χ1n) is 5.73. The topological polar surface area (TPSA) is 24.9 Å². The third kappa shape index (κ3) is 3.22. The smallest absolute Gasteiger partial charge is 0.0762 e. The van der Waals surface area contributed by atoms with Crippen molar-refractivity contribution in [2.45, 2.75) is 12.5 Å². The molecule has 2 nitrogen and oxygen atoms in total. The van der Waals surface area contributed by atoms with E-state index >= 15 is 0 Å². The maximum absolute atomic E-state index is 6.17. The van der Waals surface area contributed by atoms with Crippen LogP contribution in [0.3, 0.4) is 0 Å². The van der Waals surface area contributed by atoms with E-state index in [1.54, 1.807) is 6.20 Å². The van der Waals surface area contributed by atoms with E-state index in [1.807, 2.05) is 43.4 Å². The zero-order valence-electron chi connectivity index (χ0n) is 10.0. The summed E-state index contributed by atoms with van der Waals surface area (Å²) in [5.41, 5.74) is 2.02. The summed E-state index contributed by atoms with van der Waals surface area (Å²) >= 11 is 12.2. The van der Waals surface area contributed by atoms with Crippen molar-refractivity contribution in [2.24, 2.45) is 0 Å². The summed E-state index contributed by atoms with van der Waals surface area (Å²) in [5, 5.41) is 4.66. The number of pyridine rings is 1. The molecular weight excluding hydrogens is 267 g/mol. The van der Waals surface area contributed by atoms with E-state index in [2.05, 4.69) is 10.3 Å². The van der Waals surface area contributed by atoms with E-state index in [0.29, 0.717) is 5.02 Å². The molecule has 0 aliphatic carbocycles. The highest BCUT2D eigenvalue weighted by Gasteiger charge is 2.14. The van der Waals surface area contributed by atoms with E-state index < -0.39 is 0 Å². The molecule has 0 radical (unpaired) electrons. The molecular formula is C14H14Cl2N2. The lowest BCUT2D eigenvalue weighted by molar-refractivity contribution is 0.576. The van der Waals surface area contributed by atoms with Gasteiger partial charge >= 0.3 is 0 Å². The molecule has 0 saturated carbocycles. The van der Waals surface area contributed by atoms with Crippen molar-refractivity contribution in [1.82, 2.24) is 10.3 Å². The molecule has 18 heavy (non-hydrogen) atoms. The van der Waals surface area contributed by atoms with E-state index in [0.717, 1.165) is 22.7 Å². The number of halogens is 2. The molecule has 0 bridgehead atoms. The van der Waals surface area contributed by atoms with Crippen LogP contribution in [0.2, 0.25) is 10.0 Å². The second kappa shape index (κ2) is 6.19. The van der Waals surface area contributed by atoms with E-state index in [1.165, 1.54) is 0 Å². The predicted molar refractivity (Wildman–Crippen MR) is 76.2 cm³/mol. The SMILES string of the molecule is CNC(Cc1cccc(Cl)c1)c1ncccc1Cl. The summed E-state index contributed by atoms with van der Waals surface area (Å²) in [4.78, 5) is 4.34. The van der Waals surface area contributed by atoms with Crippen molar-refractivity contribution >= 4 is 23.2 Å². The van der Waals surface area contributed by atoms with Gasteiger partial charge in [-0.05, 0) is 43.3 Å². The molecule has 4 heteroatoms. The molecule has 1 heterocycles. The van der Waals surface area contributed by atoms with Gasteiger partial charge in [-0.2, -0.15) is 0 Å². The average molecular weight is 281 g/mol. The molecule has 1 N–H and O–H groups in total. The molecule has 1 aromatic carbocycles. The normalized spacial score (nSPS) is 12.4. The maximum Gasteiger partial charge on any atom is 0.0762 e. The number of aromatic nitrogens is 1. The Labute approximate surface area is 117 Å². The standard InChI is InChI=1S/C14H14Cl2N2/c1-17-13(14-12(16)6-3-7-18-14)9-10-4-2-5-11(15)8-10/h2-8,13,17H,9H2,1H3. The van der Waals surface area contributed by atoms with Gasteiger partial charge in [0.15, 0.2) is 0 Å². The van der Waals surface area contributed by atoms with Crippen molar-refractivity contribution < 1.29 is 0 Å². The second-order valence-corrected chi connectivity index (χ2v) is 4.89. The Hall–Kier alpha value is -1.09. The highest BCUT2D eigenvalue weighted by Crippen LogP contribution is 2.24. The molecule has 1 unspecified atom stereocenters. The van der Waals surface area contributed by atoms with Crippen LogP contribution in [-0.4, -0.2) is 12.0 Å². The van der Waals surface area contributed by atoms with Gasteiger partial charge in [0.05, 0.1) is 16.8 Å². The van der Waals surface area contributed by atoms with Crippen molar-refractivity contribution in [1.29, 1.82) is 0 Å². The fraction of sp³-hybridized carbons (Fsp3) is 0.214. The first-order chi connectivity index (χ1) is 8.70. The first kappa shape index (κ1) is 13.3. The van der Waals surface area contributed by atoms with Gasteiger partial charge < -0.3 is 5.32 Å². The Morgan fingerprint density at radius 3 is 2.72 bits per heavy atom. The van der Waals surface area contributed by atoms with Crippen LogP contribution in [0.1, 0.15) is 17.3 Å². The van der Waals surface area contributed by atoms with Gasteiger partial charge in [0.2, 0.25) is 0 Å². The van der Waals surface area contributed by atoms with Crippen LogP contribution >= 0.6 is 23.2 Å². The van der Waals surface area contributed by atoms with Crippen molar-refractivity contribution in [2.75, 3.05) is 7.05 Å². The molecule has 94 valence electrons. The summed E-state index contributed by atoms with van der Waals surface area (Å²) < 4.78 is 0. The largest absolute Gasteiger partial charge is 0.311 e. The van der Waals surface area contributed by atoms with Crippen LogP contribution in [-0.2, 0) is 6.42 Å². The Balaban J connectivity index is 2.23. The third-order valence-corrected chi connectivity index (χ3v) is 3.35. The van der Waals surface area contributed by atoms with Crippen molar-refractivity contribution in [3.63, 3.8) is 0 Å². The Morgan fingerprint density at radius 1 is 1.22 bits per heavy atom. The molecule has 1 atom stereocenters. The van der Waals surface area contributed by atoms with E-state index in [-0.39, 0.29) is 6.04 Å². The van der Waals surface area contributed by atoms with E-state index in [4.69, 9.17) is 23.2 Å². The van der Waals surface area contributed by atoms with Gasteiger partial charge in [0.1, 0.15) is 0 Å². The monoisotopic (exact) mass is 280 g/mol. The highest BCUT2D eigenvalue weighted by atomic mass is 35.5. The molecule has 0 aliphatic heterocycles. The number of rotatable bonds is 4. The lowest BCUT2D eigenvalue weighted by Gasteiger charge is -2.17. The van der Waals surface area contributed by atoms with Crippen LogP contribution in [0, 0.1) is 0 Å². The fourth-order valence-corrected chi connectivity index (χ4v) is 2.36. The van der Waals surface area contributed by atoms with Gasteiger partial charge in [-0.25, -0.2) is 0 Å². The summed E-state index contributed by atoms with van der Waals surface area (Å²) in [6, 6.07) is 11.6. The van der Waals surface area contributed by atoms with Gasteiger partial charge in [-0.3, -0.25) is 4.98 Å². The van der Waals surface area contributed by atoms with Gasteiger partial charge in [-0.15, -0.1) is 0 Å². The predicted octanol–water partition coefficient (Wildman–Crippen LogP) is 3.89. The minimum absolute atomic E-state index is 0.0807. The molecule has 0 amide bonds. The molecule has 0 spiro atoms. The summed E-state index contributed by atoms with van der Waals surface area (Å²) in [5.74, 6) is 0. The number of nitrogens with zero attached hydrogens (tertiary/aromatic N) is 1. The number of hydrogen-bond donors (Lipinski definition) is 1. The summed E-state index contributed by atoms with van der Waals surface area (Å²) in [6.45, 7) is 0.